The molecule has 1 aromatic heterocycles. The second kappa shape index (κ2) is 4.60. The molecule has 0 fully saturated rings. The fourth-order valence-corrected chi connectivity index (χ4v) is 1.59. The molecule has 2 aromatic rings. The quantitative estimate of drug-likeness (QED) is 0.804. The zero-order valence-corrected chi connectivity index (χ0v) is 10.0. The first-order chi connectivity index (χ1) is 8.62. The number of rotatable bonds is 2. The lowest BCUT2D eigenvalue weighted by atomic mass is 10.1. The third-order valence-electron chi connectivity index (χ3n) is 2.36. The molecule has 0 atom stereocenters. The Morgan fingerprint density at radius 1 is 1.17 bits per heavy atom. The Labute approximate surface area is 104 Å². The van der Waals surface area contributed by atoms with Gasteiger partial charge in [-0.15, -0.1) is 0 Å². The van der Waals surface area contributed by atoms with Crippen molar-refractivity contribution in [2.75, 3.05) is 0 Å². The van der Waals surface area contributed by atoms with Crippen LogP contribution in [0.4, 0.5) is 0 Å². The molecule has 5 heteroatoms. The van der Waals surface area contributed by atoms with Crippen molar-refractivity contribution in [3.63, 3.8) is 0 Å². The minimum absolute atomic E-state index is 0.394. The minimum Gasteiger partial charge on any atom is -0.454 e. The molecule has 2 rings (SSSR count). The van der Waals surface area contributed by atoms with Crippen molar-refractivity contribution >= 4 is 0 Å². The van der Waals surface area contributed by atoms with Gasteiger partial charge in [0.25, 0.3) is 0 Å². The summed E-state index contributed by atoms with van der Waals surface area (Å²) in [5.41, 5.74) is 1.54. The molecule has 0 unspecified atom stereocenters. The maximum atomic E-state index is 8.88. The van der Waals surface area contributed by atoms with Crippen LogP contribution in [-0.2, 0) is 7.05 Å². The highest BCUT2D eigenvalue weighted by atomic mass is 16.5. The van der Waals surface area contributed by atoms with Gasteiger partial charge < -0.3 is 4.74 Å². The van der Waals surface area contributed by atoms with Gasteiger partial charge in [-0.05, 0) is 25.1 Å². The first-order valence-corrected chi connectivity index (χ1v) is 5.26. The Kier molecular flexibility index (Phi) is 2.99. The van der Waals surface area contributed by atoms with Crippen molar-refractivity contribution in [3.8, 4) is 23.6 Å². The number of benzene rings is 1. The van der Waals surface area contributed by atoms with Crippen LogP contribution < -0.4 is 4.74 Å². The van der Waals surface area contributed by atoms with Gasteiger partial charge in [0.2, 0.25) is 0 Å². The van der Waals surface area contributed by atoms with Crippen LogP contribution in [0.5, 0.6) is 11.5 Å². The van der Waals surface area contributed by atoms with E-state index in [4.69, 9.17) is 15.3 Å². The maximum Gasteiger partial charge on any atom is 0.168 e. The Morgan fingerprint density at radius 3 is 2.22 bits per heavy atom. The Morgan fingerprint density at radius 2 is 1.78 bits per heavy atom. The Hall–Kier alpha value is -2.79. The van der Waals surface area contributed by atoms with Crippen LogP contribution in [0, 0.1) is 29.6 Å². The molecular weight excluding hydrogens is 228 g/mol. The lowest BCUT2D eigenvalue weighted by molar-refractivity contribution is 0.478. The monoisotopic (exact) mass is 238 g/mol. The molecule has 0 N–H and O–H groups in total. The second-order valence-corrected chi connectivity index (χ2v) is 3.82. The summed E-state index contributed by atoms with van der Waals surface area (Å²) in [4.78, 5) is 0. The van der Waals surface area contributed by atoms with E-state index in [1.54, 1.807) is 30.1 Å². The number of aryl methyl sites for hydroxylation is 2. The van der Waals surface area contributed by atoms with Crippen molar-refractivity contribution < 1.29 is 4.74 Å². The van der Waals surface area contributed by atoms with Crippen LogP contribution in [0.3, 0.4) is 0 Å². The number of hydrogen-bond donors (Lipinski definition) is 0. The number of nitrogens with zero attached hydrogens (tertiary/aromatic N) is 4. The van der Waals surface area contributed by atoms with Crippen LogP contribution in [0.1, 0.15) is 16.8 Å². The summed E-state index contributed by atoms with van der Waals surface area (Å²) in [6.45, 7) is 1.83. The van der Waals surface area contributed by atoms with Gasteiger partial charge in [0.1, 0.15) is 11.4 Å². The van der Waals surface area contributed by atoms with Crippen molar-refractivity contribution in [2.24, 2.45) is 7.05 Å². The molecule has 0 aliphatic rings. The van der Waals surface area contributed by atoms with Crippen molar-refractivity contribution in [1.82, 2.24) is 9.78 Å². The molecule has 5 nitrogen and oxygen atoms in total. The molecule has 1 heterocycles. The summed E-state index contributed by atoms with van der Waals surface area (Å²) in [7, 11) is 1.80. The summed E-state index contributed by atoms with van der Waals surface area (Å²) in [5, 5.41) is 21.9. The van der Waals surface area contributed by atoms with E-state index in [1.165, 1.54) is 6.07 Å². The largest absolute Gasteiger partial charge is 0.454 e. The van der Waals surface area contributed by atoms with Gasteiger partial charge in [0, 0.05) is 7.05 Å². The normalized spacial score (nSPS) is 9.56. The Bertz CT molecular complexity index is 641. The van der Waals surface area contributed by atoms with Gasteiger partial charge in [-0.2, -0.15) is 15.6 Å². The molecular formula is C13H10N4O. The maximum absolute atomic E-state index is 8.88. The summed E-state index contributed by atoms with van der Waals surface area (Å²) in [5.74, 6) is 1.07. The highest BCUT2D eigenvalue weighted by Gasteiger charge is 2.07. The molecule has 0 spiro atoms. The molecule has 0 aliphatic carbocycles. The average molecular weight is 238 g/mol. The second-order valence-electron chi connectivity index (χ2n) is 3.82. The van der Waals surface area contributed by atoms with Gasteiger partial charge in [-0.25, -0.2) is 0 Å². The summed E-state index contributed by atoms with van der Waals surface area (Å²) in [6, 6.07) is 8.69. The van der Waals surface area contributed by atoms with Crippen molar-refractivity contribution in [2.45, 2.75) is 6.92 Å². The third kappa shape index (κ3) is 2.31. The molecule has 0 saturated carbocycles. The predicted octanol–water partition coefficient (Wildman–Crippen LogP) is 2.26. The first-order valence-electron chi connectivity index (χ1n) is 5.26. The Balaban J connectivity index is 2.38. The molecule has 0 bridgehead atoms. The van der Waals surface area contributed by atoms with Gasteiger partial charge in [0.15, 0.2) is 5.75 Å². The van der Waals surface area contributed by atoms with E-state index in [1.807, 2.05) is 19.1 Å². The lowest BCUT2D eigenvalue weighted by Gasteiger charge is -2.04. The lowest BCUT2D eigenvalue weighted by Crippen LogP contribution is -1.88. The fourth-order valence-electron chi connectivity index (χ4n) is 1.59. The minimum atomic E-state index is 0.394. The van der Waals surface area contributed by atoms with Crippen LogP contribution in [-0.4, -0.2) is 9.78 Å². The number of aromatic nitrogens is 2. The first kappa shape index (κ1) is 11.7. The molecule has 0 aliphatic heterocycles. The van der Waals surface area contributed by atoms with Gasteiger partial charge in [-0.3, -0.25) is 4.68 Å². The van der Waals surface area contributed by atoms with E-state index in [2.05, 4.69) is 5.10 Å². The standard InChI is InChI=1S/C13H10N4O/c1-9-13(8-17(2)16-9)18-12-4-10(6-14)3-11(5-12)7-15/h3-5,8H,1-2H3. The highest BCUT2D eigenvalue weighted by molar-refractivity contribution is 5.46. The fraction of sp³-hybridized carbons (Fsp3) is 0.154. The summed E-state index contributed by atoms with van der Waals surface area (Å²) in [6.07, 6.45) is 1.74. The van der Waals surface area contributed by atoms with Gasteiger partial charge in [-0.1, -0.05) is 0 Å². The number of hydrogen-bond acceptors (Lipinski definition) is 4. The van der Waals surface area contributed by atoms with Gasteiger partial charge in [0.05, 0.1) is 29.5 Å². The number of ether oxygens (including phenoxy) is 1. The van der Waals surface area contributed by atoms with Gasteiger partial charge >= 0.3 is 0 Å². The van der Waals surface area contributed by atoms with Crippen LogP contribution in [0.2, 0.25) is 0 Å². The topological polar surface area (TPSA) is 74.6 Å². The van der Waals surface area contributed by atoms with E-state index < -0.39 is 0 Å². The van der Waals surface area contributed by atoms with Crippen LogP contribution in [0.25, 0.3) is 0 Å². The SMILES string of the molecule is Cc1nn(C)cc1Oc1cc(C#N)cc(C#N)c1. The zero-order valence-electron chi connectivity index (χ0n) is 10.0. The molecule has 18 heavy (non-hydrogen) atoms. The van der Waals surface area contributed by atoms with Crippen LogP contribution in [0.15, 0.2) is 24.4 Å². The summed E-state index contributed by atoms with van der Waals surface area (Å²) >= 11 is 0. The van der Waals surface area contributed by atoms with E-state index in [0.29, 0.717) is 22.6 Å². The zero-order chi connectivity index (χ0) is 13.1. The summed E-state index contributed by atoms with van der Waals surface area (Å²) < 4.78 is 7.27. The van der Waals surface area contributed by atoms with Crippen molar-refractivity contribution in [1.29, 1.82) is 10.5 Å². The van der Waals surface area contributed by atoms with E-state index >= 15 is 0 Å². The average Bonchev–Trinajstić information content (AvgIpc) is 2.67. The van der Waals surface area contributed by atoms with E-state index in [-0.39, 0.29) is 0 Å². The third-order valence-corrected chi connectivity index (χ3v) is 2.36. The molecule has 0 radical (unpaired) electrons. The van der Waals surface area contributed by atoms with E-state index in [0.717, 1.165) is 5.69 Å². The number of nitriles is 2. The molecule has 88 valence electrons. The molecule has 0 saturated heterocycles. The van der Waals surface area contributed by atoms with Crippen molar-refractivity contribution in [3.05, 3.63) is 41.2 Å². The highest BCUT2D eigenvalue weighted by Crippen LogP contribution is 2.25. The molecule has 0 amide bonds. The molecule has 1 aromatic carbocycles. The predicted molar refractivity (Wildman–Crippen MR) is 63.9 cm³/mol. The van der Waals surface area contributed by atoms with Crippen LogP contribution >= 0.6 is 0 Å². The van der Waals surface area contributed by atoms with E-state index in [9.17, 15) is 0 Å². The smallest absolute Gasteiger partial charge is 0.168 e.